The van der Waals surface area contributed by atoms with Crippen molar-refractivity contribution in [1.82, 2.24) is 9.80 Å². The number of fused-ring (bicyclic) bond motifs is 1. The number of Topliss-reactive ketones (excluding diaryl/α,β-unsaturated/α-hetero) is 1. The van der Waals surface area contributed by atoms with Crippen LogP contribution in [-0.4, -0.2) is 67.0 Å². The van der Waals surface area contributed by atoms with Gasteiger partial charge in [0.1, 0.15) is 19.0 Å². The number of likely N-dealkylation sites (tertiary alicyclic amines) is 1. The number of rotatable bonds is 6. The molecule has 0 radical (unpaired) electrons. The van der Waals surface area contributed by atoms with Gasteiger partial charge >= 0.3 is 0 Å². The quantitative estimate of drug-likeness (QED) is 0.421. The molecule has 31 heavy (non-hydrogen) atoms. The van der Waals surface area contributed by atoms with E-state index in [0.29, 0.717) is 36.8 Å². The molecule has 1 N–H and O–H groups in total. The van der Waals surface area contributed by atoms with E-state index in [0.717, 1.165) is 23.4 Å². The lowest BCUT2D eigenvalue weighted by atomic mass is 9.98. The Labute approximate surface area is 185 Å². The molecule has 1 aromatic carbocycles. The zero-order valence-electron chi connectivity index (χ0n) is 17.9. The third kappa shape index (κ3) is 4.05. The largest absolute Gasteiger partial charge is 0.507 e. The Morgan fingerprint density at radius 1 is 1.19 bits per heavy atom. The number of ether oxygens (including phenoxy) is 2. The molecule has 2 aliphatic rings. The van der Waals surface area contributed by atoms with E-state index in [9.17, 15) is 14.7 Å². The average molecular weight is 443 g/mol. The summed E-state index contributed by atoms with van der Waals surface area (Å²) in [5.41, 5.74) is 1.54. The van der Waals surface area contributed by atoms with Gasteiger partial charge < -0.3 is 24.4 Å². The first kappa shape index (κ1) is 21.4. The summed E-state index contributed by atoms with van der Waals surface area (Å²) in [6.45, 7) is 4.07. The predicted molar refractivity (Wildman–Crippen MR) is 119 cm³/mol. The molecule has 3 heterocycles. The fraction of sp³-hybridized carbons (Fsp3) is 0.391. The van der Waals surface area contributed by atoms with Gasteiger partial charge in [0.2, 0.25) is 0 Å². The minimum atomic E-state index is -0.657. The number of aliphatic hydroxyl groups is 1. The third-order valence-corrected chi connectivity index (χ3v) is 6.58. The van der Waals surface area contributed by atoms with Crippen molar-refractivity contribution in [2.24, 2.45) is 0 Å². The second-order valence-electron chi connectivity index (χ2n) is 7.98. The van der Waals surface area contributed by atoms with E-state index in [1.165, 1.54) is 11.3 Å². The molecular formula is C23H26N2O5S. The molecule has 0 aliphatic carbocycles. The van der Waals surface area contributed by atoms with E-state index in [-0.39, 0.29) is 11.3 Å². The summed E-state index contributed by atoms with van der Waals surface area (Å²) in [6.07, 6.45) is 0.727. The van der Waals surface area contributed by atoms with Crippen LogP contribution in [0.15, 0.2) is 35.2 Å². The van der Waals surface area contributed by atoms with Gasteiger partial charge in [0, 0.05) is 17.0 Å². The maximum Gasteiger partial charge on any atom is 0.295 e. The van der Waals surface area contributed by atoms with Gasteiger partial charge in [0.15, 0.2) is 11.5 Å². The van der Waals surface area contributed by atoms with Gasteiger partial charge in [-0.15, -0.1) is 11.3 Å². The Morgan fingerprint density at radius 2 is 1.94 bits per heavy atom. The summed E-state index contributed by atoms with van der Waals surface area (Å²) in [5.74, 6) is -0.314. The van der Waals surface area contributed by atoms with Crippen LogP contribution in [0.4, 0.5) is 0 Å². The summed E-state index contributed by atoms with van der Waals surface area (Å²) in [7, 11) is 3.94. The molecule has 0 saturated carbocycles. The fourth-order valence-electron chi connectivity index (χ4n) is 3.95. The first-order valence-corrected chi connectivity index (χ1v) is 11.1. The van der Waals surface area contributed by atoms with Gasteiger partial charge in [-0.25, -0.2) is 0 Å². The van der Waals surface area contributed by atoms with Crippen LogP contribution in [0.1, 0.15) is 28.5 Å². The van der Waals surface area contributed by atoms with E-state index in [1.807, 2.05) is 37.4 Å². The van der Waals surface area contributed by atoms with E-state index < -0.39 is 17.7 Å². The van der Waals surface area contributed by atoms with E-state index in [2.05, 4.69) is 0 Å². The molecule has 7 nitrogen and oxygen atoms in total. The molecule has 1 aromatic heterocycles. The minimum Gasteiger partial charge on any atom is -0.507 e. The van der Waals surface area contributed by atoms with Gasteiger partial charge in [-0.1, -0.05) is 0 Å². The number of aryl methyl sites for hydroxylation is 1. The Bertz CT molecular complexity index is 1040. The Balaban J connectivity index is 1.77. The molecule has 4 rings (SSSR count). The van der Waals surface area contributed by atoms with Gasteiger partial charge in [0.25, 0.3) is 11.7 Å². The van der Waals surface area contributed by atoms with Crippen LogP contribution < -0.4 is 9.47 Å². The minimum absolute atomic E-state index is 0.122. The van der Waals surface area contributed by atoms with Crippen molar-refractivity contribution in [3.8, 4) is 11.5 Å². The number of aliphatic hydroxyl groups excluding tert-OH is 1. The standard InChI is InChI=1S/C23H26N2O5S/c1-14-7-12-31-22(14)19-18(21(27)23(28)25(19)9-4-8-24(2)3)20(26)15-5-6-16-17(13-15)30-11-10-29-16/h5-7,12-13,19,26H,4,8-11H2,1-3H3/b20-18-. The molecule has 0 bridgehead atoms. The number of thiophene rings is 1. The maximum atomic E-state index is 13.1. The van der Waals surface area contributed by atoms with E-state index in [4.69, 9.17) is 9.47 Å². The van der Waals surface area contributed by atoms with Crippen LogP contribution in [0.2, 0.25) is 0 Å². The number of amides is 1. The Morgan fingerprint density at radius 3 is 2.61 bits per heavy atom. The van der Waals surface area contributed by atoms with Crippen LogP contribution in [0.3, 0.4) is 0 Å². The Kier molecular flexibility index (Phi) is 6.02. The molecule has 1 fully saturated rings. The first-order valence-electron chi connectivity index (χ1n) is 10.3. The Hall–Kier alpha value is -2.84. The van der Waals surface area contributed by atoms with Crippen LogP contribution in [0, 0.1) is 6.92 Å². The van der Waals surface area contributed by atoms with Crippen molar-refractivity contribution in [2.45, 2.75) is 19.4 Å². The second-order valence-corrected chi connectivity index (χ2v) is 8.92. The zero-order chi connectivity index (χ0) is 22.1. The lowest BCUT2D eigenvalue weighted by Gasteiger charge is -2.25. The van der Waals surface area contributed by atoms with E-state index in [1.54, 1.807) is 23.1 Å². The van der Waals surface area contributed by atoms with Gasteiger partial charge in [-0.2, -0.15) is 0 Å². The van der Waals surface area contributed by atoms with Crippen LogP contribution in [0.5, 0.6) is 11.5 Å². The summed E-state index contributed by atoms with van der Waals surface area (Å²) in [4.78, 5) is 30.5. The number of carbonyl (C=O) groups excluding carboxylic acids is 2. The number of carbonyl (C=O) groups is 2. The SMILES string of the molecule is Cc1ccsc1C1/C(=C(/O)c2ccc3c(c2)OCCO3)C(=O)C(=O)N1CCCN(C)C. The molecule has 8 heteroatoms. The zero-order valence-corrected chi connectivity index (χ0v) is 18.7. The molecule has 2 aliphatic heterocycles. The normalized spacial score (nSPS) is 20.0. The molecule has 1 amide bonds. The van der Waals surface area contributed by atoms with E-state index >= 15 is 0 Å². The number of ketones is 1. The van der Waals surface area contributed by atoms with Crippen molar-refractivity contribution >= 4 is 28.8 Å². The van der Waals surface area contributed by atoms with Gasteiger partial charge in [-0.3, -0.25) is 9.59 Å². The van der Waals surface area contributed by atoms with Gasteiger partial charge in [-0.05, 0) is 69.2 Å². The van der Waals surface area contributed by atoms with Crippen molar-refractivity contribution in [1.29, 1.82) is 0 Å². The fourth-order valence-corrected chi connectivity index (χ4v) is 5.00. The predicted octanol–water partition coefficient (Wildman–Crippen LogP) is 3.20. The van der Waals surface area contributed by atoms with Crippen LogP contribution in [0.25, 0.3) is 5.76 Å². The number of hydrogen-bond donors (Lipinski definition) is 1. The molecule has 2 aromatic rings. The van der Waals surface area contributed by atoms with Crippen molar-refractivity contribution in [2.75, 3.05) is 40.4 Å². The molecular weight excluding hydrogens is 416 g/mol. The molecule has 0 spiro atoms. The lowest BCUT2D eigenvalue weighted by Crippen LogP contribution is -2.32. The van der Waals surface area contributed by atoms with Crippen molar-refractivity contribution in [3.05, 3.63) is 51.2 Å². The highest BCUT2D eigenvalue weighted by Gasteiger charge is 2.46. The number of nitrogens with zero attached hydrogens (tertiary/aromatic N) is 2. The smallest absolute Gasteiger partial charge is 0.295 e. The highest BCUT2D eigenvalue weighted by atomic mass is 32.1. The highest BCUT2D eigenvalue weighted by molar-refractivity contribution is 7.10. The maximum absolute atomic E-state index is 13.1. The highest BCUT2D eigenvalue weighted by Crippen LogP contribution is 2.43. The van der Waals surface area contributed by atoms with Crippen LogP contribution >= 0.6 is 11.3 Å². The topological polar surface area (TPSA) is 79.3 Å². The second kappa shape index (κ2) is 8.72. The average Bonchev–Trinajstić information content (AvgIpc) is 3.28. The van der Waals surface area contributed by atoms with Gasteiger partial charge in [0.05, 0.1) is 11.6 Å². The summed E-state index contributed by atoms with van der Waals surface area (Å²) >= 11 is 1.49. The molecule has 164 valence electrons. The summed E-state index contributed by atoms with van der Waals surface area (Å²) < 4.78 is 11.2. The third-order valence-electron chi connectivity index (χ3n) is 5.51. The molecule has 1 saturated heterocycles. The molecule has 1 unspecified atom stereocenters. The van der Waals surface area contributed by atoms with Crippen LogP contribution in [-0.2, 0) is 9.59 Å². The number of hydrogen-bond acceptors (Lipinski definition) is 7. The molecule has 1 atom stereocenters. The summed E-state index contributed by atoms with van der Waals surface area (Å²) in [5, 5.41) is 13.1. The van der Waals surface area contributed by atoms with Crippen molar-refractivity contribution in [3.63, 3.8) is 0 Å². The van der Waals surface area contributed by atoms with Crippen molar-refractivity contribution < 1.29 is 24.2 Å². The lowest BCUT2D eigenvalue weighted by molar-refractivity contribution is -0.139. The first-order chi connectivity index (χ1) is 14.9. The number of benzene rings is 1. The monoisotopic (exact) mass is 442 g/mol. The summed E-state index contributed by atoms with van der Waals surface area (Å²) in [6, 6.07) is 6.41.